The minimum atomic E-state index is -0.0321. The van der Waals surface area contributed by atoms with Crippen molar-refractivity contribution in [1.82, 2.24) is 20.0 Å². The van der Waals surface area contributed by atoms with Gasteiger partial charge in [0.1, 0.15) is 0 Å². The molecule has 0 saturated heterocycles. The summed E-state index contributed by atoms with van der Waals surface area (Å²) in [5.74, 6) is 0. The first-order valence-electron chi connectivity index (χ1n) is 6.49. The van der Waals surface area contributed by atoms with Crippen LogP contribution in [-0.4, -0.2) is 40.4 Å². The molecule has 0 fully saturated rings. The number of aryl methyl sites for hydroxylation is 1. The number of halogens is 1. The van der Waals surface area contributed by atoms with Crippen molar-refractivity contribution in [2.75, 3.05) is 20.1 Å². The molecular formula is C13H25ClN4. The largest absolute Gasteiger partial charge is 0.310 e. The maximum absolute atomic E-state index is 6.27. The summed E-state index contributed by atoms with van der Waals surface area (Å²) in [7, 11) is 3.91. The summed E-state index contributed by atoms with van der Waals surface area (Å²) < 4.78 is 1.86. The second-order valence-electron chi connectivity index (χ2n) is 5.05. The summed E-state index contributed by atoms with van der Waals surface area (Å²) in [4.78, 5) is 2.43. The van der Waals surface area contributed by atoms with E-state index < -0.39 is 0 Å². The molecule has 0 spiro atoms. The van der Waals surface area contributed by atoms with Crippen LogP contribution in [0.25, 0.3) is 0 Å². The quantitative estimate of drug-likeness (QED) is 0.864. The Bertz CT molecular complexity index is 363. The van der Waals surface area contributed by atoms with Crippen LogP contribution in [0.15, 0.2) is 6.20 Å². The second-order valence-corrected chi connectivity index (χ2v) is 5.46. The molecule has 4 nitrogen and oxygen atoms in total. The highest BCUT2D eigenvalue weighted by molar-refractivity contribution is 6.31. The summed E-state index contributed by atoms with van der Waals surface area (Å²) in [6.07, 6.45) is 1.71. The van der Waals surface area contributed by atoms with Gasteiger partial charge < -0.3 is 5.32 Å². The summed E-state index contributed by atoms with van der Waals surface area (Å²) in [6, 6.07) is 0.136. The molecule has 0 radical (unpaired) electrons. The Balaban J connectivity index is 3.17. The van der Waals surface area contributed by atoms with Crippen molar-refractivity contribution in [3.63, 3.8) is 0 Å². The molecule has 0 amide bonds. The maximum Gasteiger partial charge on any atom is 0.0834 e. The Morgan fingerprint density at radius 1 is 1.44 bits per heavy atom. The number of nitrogens with zero attached hydrogens (tertiary/aromatic N) is 3. The fourth-order valence-electron chi connectivity index (χ4n) is 2.79. The van der Waals surface area contributed by atoms with Gasteiger partial charge in [-0.05, 0) is 34.0 Å². The van der Waals surface area contributed by atoms with E-state index in [9.17, 15) is 0 Å². The van der Waals surface area contributed by atoms with E-state index >= 15 is 0 Å². The fraction of sp³-hybridized carbons (Fsp3) is 0.769. The monoisotopic (exact) mass is 272 g/mol. The van der Waals surface area contributed by atoms with Crippen LogP contribution in [0.4, 0.5) is 0 Å². The maximum atomic E-state index is 6.27. The molecule has 0 bridgehead atoms. The topological polar surface area (TPSA) is 33.1 Å². The molecule has 1 heterocycles. The van der Waals surface area contributed by atoms with E-state index in [2.05, 4.69) is 43.0 Å². The van der Waals surface area contributed by atoms with E-state index in [0.29, 0.717) is 0 Å². The van der Waals surface area contributed by atoms with Gasteiger partial charge in [-0.15, -0.1) is 0 Å². The lowest BCUT2D eigenvalue weighted by Gasteiger charge is -2.43. The van der Waals surface area contributed by atoms with Crippen LogP contribution in [0, 0.1) is 0 Å². The average molecular weight is 273 g/mol. The van der Waals surface area contributed by atoms with E-state index in [0.717, 1.165) is 23.8 Å². The third-order valence-electron chi connectivity index (χ3n) is 3.78. The van der Waals surface area contributed by atoms with Crippen molar-refractivity contribution < 1.29 is 0 Å². The first-order chi connectivity index (χ1) is 8.39. The molecule has 1 N–H and O–H groups in total. The summed E-state index contributed by atoms with van der Waals surface area (Å²) in [6.45, 7) is 10.9. The summed E-state index contributed by atoms with van der Waals surface area (Å²) in [5, 5.41) is 8.34. The number of hydrogen-bond donors (Lipinski definition) is 1. The molecule has 1 aromatic rings. The van der Waals surface area contributed by atoms with Crippen molar-refractivity contribution in [3.8, 4) is 0 Å². The van der Waals surface area contributed by atoms with Crippen LogP contribution >= 0.6 is 11.6 Å². The number of hydrogen-bond acceptors (Lipinski definition) is 3. The molecule has 0 aromatic carbocycles. The number of aromatic nitrogens is 2. The van der Waals surface area contributed by atoms with Gasteiger partial charge in [-0.1, -0.05) is 25.4 Å². The van der Waals surface area contributed by atoms with Gasteiger partial charge in [0.15, 0.2) is 0 Å². The lowest BCUT2D eigenvalue weighted by molar-refractivity contribution is 0.0912. The van der Waals surface area contributed by atoms with E-state index in [1.165, 1.54) is 0 Å². The Morgan fingerprint density at radius 3 is 2.33 bits per heavy atom. The standard InChI is InChI=1S/C13H25ClN4/c1-7-18(8-2)13(3,4)12(15-5)11-10(14)9-16-17(11)6/h9,12,15H,7-8H2,1-6H3. The molecule has 0 saturated carbocycles. The first kappa shape index (κ1) is 15.5. The van der Waals surface area contributed by atoms with Crippen LogP contribution in [0.2, 0.25) is 5.02 Å². The Hall–Kier alpha value is -0.580. The molecule has 1 atom stereocenters. The number of rotatable bonds is 6. The van der Waals surface area contributed by atoms with Gasteiger partial charge >= 0.3 is 0 Å². The van der Waals surface area contributed by atoms with E-state index in [1.54, 1.807) is 6.20 Å². The van der Waals surface area contributed by atoms with Crippen molar-refractivity contribution in [2.45, 2.75) is 39.3 Å². The SMILES string of the molecule is CCN(CC)C(C)(C)C(NC)c1c(Cl)cnn1C. The van der Waals surface area contributed by atoms with Gasteiger partial charge in [0.25, 0.3) is 0 Å². The summed E-state index contributed by atoms with van der Waals surface area (Å²) in [5.41, 5.74) is 1.01. The minimum Gasteiger partial charge on any atom is -0.310 e. The zero-order valence-electron chi connectivity index (χ0n) is 12.3. The molecule has 0 aliphatic heterocycles. The van der Waals surface area contributed by atoms with E-state index in [-0.39, 0.29) is 11.6 Å². The average Bonchev–Trinajstić information content (AvgIpc) is 2.63. The number of likely N-dealkylation sites (N-methyl/N-ethyl adjacent to an activating group) is 2. The van der Waals surface area contributed by atoms with Gasteiger partial charge in [-0.2, -0.15) is 5.10 Å². The molecule has 5 heteroatoms. The van der Waals surface area contributed by atoms with Gasteiger partial charge in [0, 0.05) is 12.6 Å². The molecule has 1 aromatic heterocycles. The van der Waals surface area contributed by atoms with Crippen molar-refractivity contribution in [1.29, 1.82) is 0 Å². The fourth-order valence-corrected chi connectivity index (χ4v) is 3.07. The van der Waals surface area contributed by atoms with Crippen LogP contribution in [0.5, 0.6) is 0 Å². The lowest BCUT2D eigenvalue weighted by atomic mass is 9.89. The summed E-state index contributed by atoms with van der Waals surface area (Å²) >= 11 is 6.27. The van der Waals surface area contributed by atoms with E-state index in [4.69, 9.17) is 11.6 Å². The van der Waals surface area contributed by atoms with Gasteiger partial charge in [0.2, 0.25) is 0 Å². The highest BCUT2D eigenvalue weighted by Crippen LogP contribution is 2.33. The molecular weight excluding hydrogens is 248 g/mol. The Morgan fingerprint density at radius 2 is 2.00 bits per heavy atom. The zero-order valence-corrected chi connectivity index (χ0v) is 13.0. The molecule has 104 valence electrons. The lowest BCUT2D eigenvalue weighted by Crippen LogP contribution is -2.52. The highest BCUT2D eigenvalue weighted by atomic mass is 35.5. The molecule has 0 aliphatic rings. The van der Waals surface area contributed by atoms with Crippen LogP contribution < -0.4 is 5.32 Å². The Kier molecular flexibility index (Phi) is 5.20. The van der Waals surface area contributed by atoms with Crippen LogP contribution in [0.1, 0.15) is 39.4 Å². The number of nitrogens with one attached hydrogen (secondary N) is 1. The third kappa shape index (κ3) is 2.71. The van der Waals surface area contributed by atoms with Crippen LogP contribution in [-0.2, 0) is 7.05 Å². The van der Waals surface area contributed by atoms with Crippen molar-refractivity contribution in [3.05, 3.63) is 16.9 Å². The second kappa shape index (κ2) is 6.04. The molecule has 18 heavy (non-hydrogen) atoms. The van der Waals surface area contributed by atoms with E-state index in [1.807, 2.05) is 18.8 Å². The Labute approximate surface area is 115 Å². The van der Waals surface area contributed by atoms with Crippen molar-refractivity contribution >= 4 is 11.6 Å². The van der Waals surface area contributed by atoms with Gasteiger partial charge in [-0.25, -0.2) is 0 Å². The normalized spacial score (nSPS) is 14.2. The minimum absolute atomic E-state index is 0.0321. The molecule has 1 unspecified atom stereocenters. The molecule has 0 aliphatic carbocycles. The highest BCUT2D eigenvalue weighted by Gasteiger charge is 2.36. The molecule has 1 rings (SSSR count). The predicted octanol–water partition coefficient (Wildman–Crippen LogP) is 2.45. The predicted molar refractivity (Wildman–Crippen MR) is 77.0 cm³/mol. The zero-order chi connectivity index (χ0) is 13.9. The van der Waals surface area contributed by atoms with Gasteiger partial charge in [0.05, 0.1) is 23.0 Å². The van der Waals surface area contributed by atoms with Crippen LogP contribution in [0.3, 0.4) is 0 Å². The first-order valence-corrected chi connectivity index (χ1v) is 6.87. The smallest absolute Gasteiger partial charge is 0.0834 e. The van der Waals surface area contributed by atoms with Gasteiger partial charge in [-0.3, -0.25) is 9.58 Å². The third-order valence-corrected chi connectivity index (χ3v) is 4.08. The van der Waals surface area contributed by atoms with Crippen molar-refractivity contribution in [2.24, 2.45) is 7.05 Å².